The fraction of sp³-hybridized carbons (Fsp3) is 0.471. The van der Waals surface area contributed by atoms with Gasteiger partial charge in [0.2, 0.25) is 0 Å². The molecule has 136 valence electrons. The lowest BCUT2D eigenvalue weighted by molar-refractivity contribution is 0.412. The molecule has 0 aliphatic heterocycles. The number of nitrogens with zero attached hydrogens (tertiary/aromatic N) is 1. The van der Waals surface area contributed by atoms with Gasteiger partial charge in [-0.05, 0) is 25.0 Å². The smallest absolute Gasteiger partial charge is 0.277 e. The van der Waals surface area contributed by atoms with E-state index in [9.17, 15) is 8.42 Å². The van der Waals surface area contributed by atoms with Gasteiger partial charge in [0.05, 0.1) is 12.8 Å². The molecule has 1 saturated carbocycles. The number of ether oxygens (including phenoxy) is 1. The highest BCUT2D eigenvalue weighted by Gasteiger charge is 2.20. The van der Waals surface area contributed by atoms with Crippen LogP contribution in [0.25, 0.3) is 11.3 Å². The molecule has 0 saturated heterocycles. The normalized spacial score (nSPS) is 15.6. The van der Waals surface area contributed by atoms with Crippen LogP contribution in [0.1, 0.15) is 31.4 Å². The molecule has 0 amide bonds. The minimum atomic E-state index is -3.46. The monoisotopic (exact) mass is 365 g/mol. The van der Waals surface area contributed by atoms with Crippen LogP contribution in [-0.2, 0) is 16.6 Å². The third-order valence-electron chi connectivity index (χ3n) is 4.26. The number of rotatable bonds is 8. The van der Waals surface area contributed by atoms with Gasteiger partial charge in [0.25, 0.3) is 10.2 Å². The van der Waals surface area contributed by atoms with Crippen molar-refractivity contribution in [1.82, 2.24) is 14.6 Å². The van der Waals surface area contributed by atoms with Crippen LogP contribution in [0, 0.1) is 0 Å². The molecule has 1 aliphatic carbocycles. The van der Waals surface area contributed by atoms with Gasteiger partial charge in [-0.3, -0.25) is 0 Å². The molecular formula is C17H23N3O4S. The minimum Gasteiger partial charge on any atom is -0.497 e. The SMILES string of the molecule is COc1cccc(-c2cc(CCNS(=O)(=O)NC3CCCC3)no2)c1. The molecule has 1 aromatic heterocycles. The summed E-state index contributed by atoms with van der Waals surface area (Å²) in [5, 5.41) is 4.00. The Morgan fingerprint density at radius 1 is 1.28 bits per heavy atom. The molecule has 2 aromatic rings. The first-order chi connectivity index (χ1) is 12.1. The molecule has 0 bridgehead atoms. The Kier molecular flexibility index (Phi) is 5.72. The molecule has 0 radical (unpaired) electrons. The molecule has 0 atom stereocenters. The molecule has 1 aliphatic rings. The highest BCUT2D eigenvalue weighted by Crippen LogP contribution is 2.24. The Morgan fingerprint density at radius 3 is 2.84 bits per heavy atom. The maximum atomic E-state index is 12.0. The first-order valence-electron chi connectivity index (χ1n) is 8.43. The summed E-state index contributed by atoms with van der Waals surface area (Å²) in [6.45, 7) is 0.270. The van der Waals surface area contributed by atoms with Crippen molar-refractivity contribution in [1.29, 1.82) is 0 Å². The first-order valence-corrected chi connectivity index (χ1v) is 9.91. The highest BCUT2D eigenvalue weighted by atomic mass is 32.2. The van der Waals surface area contributed by atoms with Gasteiger partial charge in [-0.2, -0.15) is 13.1 Å². The van der Waals surface area contributed by atoms with Crippen LogP contribution in [0.2, 0.25) is 0 Å². The summed E-state index contributed by atoms with van der Waals surface area (Å²) in [4.78, 5) is 0. The number of nitrogens with one attached hydrogen (secondary N) is 2. The molecule has 1 heterocycles. The topological polar surface area (TPSA) is 93.5 Å². The van der Waals surface area contributed by atoms with Gasteiger partial charge in [0.1, 0.15) is 5.75 Å². The van der Waals surface area contributed by atoms with E-state index in [0.717, 1.165) is 37.0 Å². The molecule has 8 heteroatoms. The number of hydrogen-bond donors (Lipinski definition) is 2. The predicted octanol–water partition coefficient (Wildman–Crippen LogP) is 2.26. The van der Waals surface area contributed by atoms with E-state index >= 15 is 0 Å². The van der Waals surface area contributed by atoms with Crippen molar-refractivity contribution in [3.05, 3.63) is 36.0 Å². The second-order valence-corrected chi connectivity index (χ2v) is 7.69. The van der Waals surface area contributed by atoms with Crippen LogP contribution in [0.5, 0.6) is 5.75 Å². The Bertz CT molecular complexity index is 798. The molecule has 3 rings (SSSR count). The van der Waals surface area contributed by atoms with Crippen molar-refractivity contribution in [3.8, 4) is 17.1 Å². The van der Waals surface area contributed by atoms with E-state index in [4.69, 9.17) is 9.26 Å². The van der Waals surface area contributed by atoms with E-state index in [0.29, 0.717) is 17.9 Å². The number of aromatic nitrogens is 1. The molecule has 1 aromatic carbocycles. The summed E-state index contributed by atoms with van der Waals surface area (Å²) >= 11 is 0. The first kappa shape index (κ1) is 17.9. The zero-order chi connectivity index (χ0) is 17.7. The second-order valence-electron chi connectivity index (χ2n) is 6.16. The summed E-state index contributed by atoms with van der Waals surface area (Å²) in [5.74, 6) is 1.36. The zero-order valence-electron chi connectivity index (χ0n) is 14.2. The molecular weight excluding hydrogens is 342 g/mol. The van der Waals surface area contributed by atoms with Crippen molar-refractivity contribution >= 4 is 10.2 Å². The standard InChI is InChI=1S/C17H23N3O4S/c1-23-16-8-4-5-13(11-16)17-12-15(19-24-17)9-10-18-25(21,22)20-14-6-2-3-7-14/h4-5,8,11-12,14,18,20H,2-3,6-7,9-10H2,1H3. The molecule has 0 unspecified atom stereocenters. The Balaban J connectivity index is 1.53. The summed E-state index contributed by atoms with van der Waals surface area (Å²) in [5.41, 5.74) is 1.56. The van der Waals surface area contributed by atoms with Crippen molar-refractivity contribution < 1.29 is 17.7 Å². The zero-order valence-corrected chi connectivity index (χ0v) is 15.0. The van der Waals surface area contributed by atoms with E-state index in [1.165, 1.54) is 0 Å². The van der Waals surface area contributed by atoms with E-state index in [-0.39, 0.29) is 12.6 Å². The average molecular weight is 365 g/mol. The number of hydrogen-bond acceptors (Lipinski definition) is 5. The predicted molar refractivity (Wildman–Crippen MR) is 94.5 cm³/mol. The van der Waals surface area contributed by atoms with E-state index < -0.39 is 10.2 Å². The molecule has 7 nitrogen and oxygen atoms in total. The van der Waals surface area contributed by atoms with Crippen molar-refractivity contribution in [2.75, 3.05) is 13.7 Å². The molecule has 1 fully saturated rings. The van der Waals surface area contributed by atoms with Gasteiger partial charge >= 0.3 is 0 Å². The number of methoxy groups -OCH3 is 1. The van der Waals surface area contributed by atoms with Gasteiger partial charge in [-0.1, -0.05) is 30.1 Å². The van der Waals surface area contributed by atoms with E-state index in [1.54, 1.807) is 7.11 Å². The van der Waals surface area contributed by atoms with E-state index in [2.05, 4.69) is 14.6 Å². The average Bonchev–Trinajstić information content (AvgIpc) is 3.26. The summed E-state index contributed by atoms with van der Waals surface area (Å²) < 4.78 is 39.8. The minimum absolute atomic E-state index is 0.0595. The van der Waals surface area contributed by atoms with Gasteiger partial charge in [0.15, 0.2) is 5.76 Å². The maximum absolute atomic E-state index is 12.0. The quantitative estimate of drug-likeness (QED) is 0.748. The van der Waals surface area contributed by atoms with Crippen molar-refractivity contribution in [2.45, 2.75) is 38.1 Å². The third-order valence-corrected chi connectivity index (χ3v) is 5.49. The molecule has 0 spiro atoms. The van der Waals surface area contributed by atoms with Crippen molar-refractivity contribution in [3.63, 3.8) is 0 Å². The van der Waals surface area contributed by atoms with Gasteiger partial charge in [-0.15, -0.1) is 0 Å². The summed E-state index contributed by atoms with van der Waals surface area (Å²) in [6.07, 6.45) is 4.44. The van der Waals surface area contributed by atoms with Crippen LogP contribution in [0.4, 0.5) is 0 Å². The van der Waals surface area contributed by atoms with Gasteiger partial charge in [0, 0.05) is 30.6 Å². The van der Waals surface area contributed by atoms with Crippen LogP contribution in [-0.4, -0.2) is 33.3 Å². The van der Waals surface area contributed by atoms with Crippen LogP contribution >= 0.6 is 0 Å². The Hall–Kier alpha value is -1.90. The fourth-order valence-electron chi connectivity index (χ4n) is 2.96. The van der Waals surface area contributed by atoms with Crippen LogP contribution in [0.3, 0.4) is 0 Å². The molecule has 2 N–H and O–H groups in total. The fourth-order valence-corrected chi connectivity index (χ4v) is 4.09. The Morgan fingerprint density at radius 2 is 2.08 bits per heavy atom. The third kappa shape index (κ3) is 5.04. The lowest BCUT2D eigenvalue weighted by Gasteiger charge is -2.12. The largest absolute Gasteiger partial charge is 0.497 e. The maximum Gasteiger partial charge on any atom is 0.277 e. The van der Waals surface area contributed by atoms with Gasteiger partial charge in [-0.25, -0.2) is 4.72 Å². The number of benzene rings is 1. The van der Waals surface area contributed by atoms with Crippen molar-refractivity contribution in [2.24, 2.45) is 0 Å². The highest BCUT2D eigenvalue weighted by molar-refractivity contribution is 7.87. The summed E-state index contributed by atoms with van der Waals surface area (Å²) in [7, 11) is -1.86. The van der Waals surface area contributed by atoms with E-state index in [1.807, 2.05) is 30.3 Å². The van der Waals surface area contributed by atoms with Crippen LogP contribution in [0.15, 0.2) is 34.9 Å². The van der Waals surface area contributed by atoms with Gasteiger partial charge < -0.3 is 9.26 Å². The summed E-state index contributed by atoms with van der Waals surface area (Å²) in [6, 6.07) is 9.36. The lowest BCUT2D eigenvalue weighted by Crippen LogP contribution is -2.42. The second kappa shape index (κ2) is 7.99. The lowest BCUT2D eigenvalue weighted by atomic mass is 10.1. The molecule has 25 heavy (non-hydrogen) atoms. The van der Waals surface area contributed by atoms with Crippen LogP contribution < -0.4 is 14.2 Å². The Labute approximate surface area is 147 Å².